The summed E-state index contributed by atoms with van der Waals surface area (Å²) in [4.78, 5) is 23.4. The van der Waals surface area contributed by atoms with Gasteiger partial charge in [-0.1, -0.05) is 31.2 Å². The average molecular weight is 313 g/mol. The number of carbonyl (C=O) groups is 2. The van der Waals surface area contributed by atoms with E-state index in [1.807, 2.05) is 31.2 Å². The maximum atomic E-state index is 12.3. The van der Waals surface area contributed by atoms with Crippen LogP contribution in [0.4, 0.5) is 5.69 Å². The minimum atomic E-state index is -1.07. The van der Waals surface area contributed by atoms with E-state index in [0.717, 1.165) is 11.3 Å². The monoisotopic (exact) mass is 313 g/mol. The second kappa shape index (κ2) is 7.45. The Morgan fingerprint density at radius 1 is 1.13 bits per heavy atom. The zero-order chi connectivity index (χ0) is 16.8. The van der Waals surface area contributed by atoms with E-state index in [0.29, 0.717) is 12.1 Å². The van der Waals surface area contributed by atoms with E-state index in [-0.39, 0.29) is 17.4 Å². The summed E-state index contributed by atoms with van der Waals surface area (Å²) < 4.78 is 5.10. The Labute approximate surface area is 134 Å². The van der Waals surface area contributed by atoms with Crippen LogP contribution in [0, 0.1) is 5.92 Å². The van der Waals surface area contributed by atoms with Gasteiger partial charge in [0.05, 0.1) is 18.4 Å². The molecule has 2 N–H and O–H groups in total. The zero-order valence-corrected chi connectivity index (χ0v) is 13.1. The second-order valence-corrected chi connectivity index (χ2v) is 5.29. The highest BCUT2D eigenvalue weighted by atomic mass is 16.5. The van der Waals surface area contributed by atoms with Gasteiger partial charge in [0.25, 0.3) is 0 Å². The van der Waals surface area contributed by atoms with Crippen LogP contribution < -0.4 is 10.1 Å². The summed E-state index contributed by atoms with van der Waals surface area (Å²) in [5.74, 6) is -0.801. The molecule has 0 radical (unpaired) electrons. The molecule has 120 valence electrons. The highest BCUT2D eigenvalue weighted by molar-refractivity contribution is 6.01. The fourth-order valence-corrected chi connectivity index (χ4v) is 2.24. The van der Waals surface area contributed by atoms with Crippen LogP contribution in [-0.4, -0.2) is 24.1 Å². The summed E-state index contributed by atoms with van der Waals surface area (Å²) in [7, 11) is 1.60. The summed E-state index contributed by atoms with van der Waals surface area (Å²) in [5, 5.41) is 11.8. The first-order valence-corrected chi connectivity index (χ1v) is 7.27. The number of nitrogens with one attached hydrogen (secondary N) is 1. The van der Waals surface area contributed by atoms with Crippen LogP contribution >= 0.6 is 0 Å². The van der Waals surface area contributed by atoms with E-state index < -0.39 is 5.97 Å². The predicted octanol–water partition coefficient (Wildman–Crippen LogP) is 3.21. The standard InChI is InChI=1S/C18H19NO4/c1-12(11-13-7-9-14(23-2)10-8-13)17(20)19-16-6-4-3-5-15(16)18(21)22/h3-10,12H,11H2,1-2H3,(H,19,20)(H,21,22). The number of ether oxygens (including phenoxy) is 1. The van der Waals surface area contributed by atoms with Gasteiger partial charge in [0, 0.05) is 5.92 Å². The van der Waals surface area contributed by atoms with Gasteiger partial charge < -0.3 is 15.2 Å². The number of methoxy groups -OCH3 is 1. The molecule has 0 aromatic heterocycles. The van der Waals surface area contributed by atoms with Crippen molar-refractivity contribution in [3.8, 4) is 5.75 Å². The molecule has 0 saturated carbocycles. The molecule has 0 aliphatic carbocycles. The van der Waals surface area contributed by atoms with Gasteiger partial charge in [0.2, 0.25) is 5.91 Å². The smallest absolute Gasteiger partial charge is 0.337 e. The van der Waals surface area contributed by atoms with Crippen LogP contribution in [0.25, 0.3) is 0 Å². The first-order chi connectivity index (χ1) is 11.0. The molecule has 0 aliphatic rings. The van der Waals surface area contributed by atoms with Crippen molar-refractivity contribution in [2.75, 3.05) is 12.4 Å². The number of para-hydroxylation sites is 1. The van der Waals surface area contributed by atoms with Crippen LogP contribution in [0.1, 0.15) is 22.8 Å². The Balaban J connectivity index is 2.04. The maximum absolute atomic E-state index is 12.3. The van der Waals surface area contributed by atoms with E-state index in [9.17, 15) is 9.59 Å². The summed E-state index contributed by atoms with van der Waals surface area (Å²) in [6.45, 7) is 1.81. The summed E-state index contributed by atoms with van der Waals surface area (Å²) in [6, 6.07) is 13.9. The molecule has 0 aliphatic heterocycles. The Kier molecular flexibility index (Phi) is 5.36. The molecule has 5 nitrogen and oxygen atoms in total. The van der Waals surface area contributed by atoms with Gasteiger partial charge in [0.1, 0.15) is 5.75 Å². The molecular weight excluding hydrogens is 294 g/mol. The Bertz CT molecular complexity index is 694. The molecule has 1 unspecified atom stereocenters. The number of carboxylic acids is 1. The topological polar surface area (TPSA) is 75.6 Å². The molecule has 2 rings (SSSR count). The largest absolute Gasteiger partial charge is 0.497 e. The molecule has 1 atom stereocenters. The third kappa shape index (κ3) is 4.32. The van der Waals surface area contributed by atoms with Crippen molar-refractivity contribution in [3.63, 3.8) is 0 Å². The third-order valence-corrected chi connectivity index (χ3v) is 3.56. The molecule has 0 heterocycles. The first kappa shape index (κ1) is 16.5. The lowest BCUT2D eigenvalue weighted by Crippen LogP contribution is -2.23. The molecule has 2 aromatic carbocycles. The fraction of sp³-hybridized carbons (Fsp3) is 0.222. The summed E-state index contributed by atoms with van der Waals surface area (Å²) >= 11 is 0. The van der Waals surface area contributed by atoms with Gasteiger partial charge in [0.15, 0.2) is 0 Å². The van der Waals surface area contributed by atoms with Crippen molar-refractivity contribution in [1.82, 2.24) is 0 Å². The van der Waals surface area contributed by atoms with Crippen molar-refractivity contribution in [2.45, 2.75) is 13.3 Å². The highest BCUT2D eigenvalue weighted by Crippen LogP contribution is 2.18. The molecule has 2 aromatic rings. The lowest BCUT2D eigenvalue weighted by molar-refractivity contribution is -0.119. The number of amides is 1. The van der Waals surface area contributed by atoms with Crippen LogP contribution in [-0.2, 0) is 11.2 Å². The van der Waals surface area contributed by atoms with Gasteiger partial charge in [-0.15, -0.1) is 0 Å². The van der Waals surface area contributed by atoms with E-state index in [1.54, 1.807) is 25.3 Å². The number of carboxylic acid groups (broad SMARTS) is 1. The van der Waals surface area contributed by atoms with Crippen molar-refractivity contribution in [1.29, 1.82) is 0 Å². The van der Waals surface area contributed by atoms with Crippen molar-refractivity contribution in [2.24, 2.45) is 5.92 Å². The third-order valence-electron chi connectivity index (χ3n) is 3.56. The second-order valence-electron chi connectivity index (χ2n) is 5.29. The molecular formula is C18H19NO4. The van der Waals surface area contributed by atoms with Gasteiger partial charge in [-0.3, -0.25) is 4.79 Å². The molecule has 0 bridgehead atoms. The van der Waals surface area contributed by atoms with Gasteiger partial charge >= 0.3 is 5.97 Å². The van der Waals surface area contributed by atoms with Crippen LogP contribution in [0.15, 0.2) is 48.5 Å². The predicted molar refractivity (Wildman–Crippen MR) is 87.9 cm³/mol. The van der Waals surface area contributed by atoms with E-state index >= 15 is 0 Å². The molecule has 23 heavy (non-hydrogen) atoms. The van der Waals surface area contributed by atoms with Crippen LogP contribution in [0.2, 0.25) is 0 Å². The number of benzene rings is 2. The molecule has 0 saturated heterocycles. The number of hydrogen-bond donors (Lipinski definition) is 2. The lowest BCUT2D eigenvalue weighted by Gasteiger charge is -2.14. The fourth-order valence-electron chi connectivity index (χ4n) is 2.24. The van der Waals surface area contributed by atoms with E-state index in [4.69, 9.17) is 9.84 Å². The Morgan fingerprint density at radius 2 is 1.78 bits per heavy atom. The molecule has 0 fully saturated rings. The van der Waals surface area contributed by atoms with Gasteiger partial charge in [-0.2, -0.15) is 0 Å². The minimum Gasteiger partial charge on any atom is -0.497 e. The maximum Gasteiger partial charge on any atom is 0.337 e. The molecule has 5 heteroatoms. The molecule has 1 amide bonds. The lowest BCUT2D eigenvalue weighted by atomic mass is 10.00. The van der Waals surface area contributed by atoms with Gasteiger partial charge in [-0.05, 0) is 36.2 Å². The van der Waals surface area contributed by atoms with Crippen LogP contribution in [0.5, 0.6) is 5.75 Å². The number of aromatic carboxylic acids is 1. The molecule has 0 spiro atoms. The summed E-state index contributed by atoms with van der Waals surface area (Å²) in [6.07, 6.45) is 0.561. The quantitative estimate of drug-likeness (QED) is 0.858. The summed E-state index contributed by atoms with van der Waals surface area (Å²) in [5.41, 5.74) is 1.41. The van der Waals surface area contributed by atoms with Crippen LogP contribution in [0.3, 0.4) is 0 Å². The number of hydrogen-bond acceptors (Lipinski definition) is 3. The van der Waals surface area contributed by atoms with E-state index in [1.165, 1.54) is 6.07 Å². The first-order valence-electron chi connectivity index (χ1n) is 7.27. The van der Waals surface area contributed by atoms with E-state index in [2.05, 4.69) is 5.32 Å². The Morgan fingerprint density at radius 3 is 2.39 bits per heavy atom. The number of anilines is 1. The minimum absolute atomic E-state index is 0.0810. The van der Waals surface area contributed by atoms with Crippen molar-refractivity contribution >= 4 is 17.6 Å². The average Bonchev–Trinajstić information content (AvgIpc) is 2.55. The number of carbonyl (C=O) groups excluding carboxylic acids is 1. The SMILES string of the molecule is COc1ccc(CC(C)C(=O)Nc2ccccc2C(=O)O)cc1. The van der Waals surface area contributed by atoms with Crippen molar-refractivity contribution < 1.29 is 19.4 Å². The normalized spacial score (nSPS) is 11.6. The Hall–Kier alpha value is -2.82. The zero-order valence-electron chi connectivity index (χ0n) is 13.1. The van der Waals surface area contributed by atoms with Crippen molar-refractivity contribution in [3.05, 3.63) is 59.7 Å². The highest BCUT2D eigenvalue weighted by Gasteiger charge is 2.17. The van der Waals surface area contributed by atoms with Gasteiger partial charge in [-0.25, -0.2) is 4.79 Å². The number of rotatable bonds is 6.